The molecular weight excluding hydrogens is 268 g/mol. The van der Waals surface area contributed by atoms with Crippen molar-refractivity contribution in [2.75, 3.05) is 20.2 Å². The number of hydrogen-bond acceptors (Lipinski definition) is 4. The summed E-state index contributed by atoms with van der Waals surface area (Å²) in [4.78, 5) is 11.9. The van der Waals surface area contributed by atoms with Gasteiger partial charge in [0.1, 0.15) is 5.75 Å². The minimum absolute atomic E-state index is 0.167. The molecule has 21 heavy (non-hydrogen) atoms. The largest absolute Gasteiger partial charge is 0.497 e. The Balaban J connectivity index is 1.98. The molecule has 112 valence electrons. The van der Waals surface area contributed by atoms with E-state index in [2.05, 4.69) is 10.4 Å². The van der Waals surface area contributed by atoms with Crippen molar-refractivity contribution >= 4 is 5.91 Å². The number of hydrogen-bond donors (Lipinski definition) is 2. The second-order valence-corrected chi connectivity index (χ2v) is 4.60. The number of nitrogens with one attached hydrogen (secondary N) is 1. The van der Waals surface area contributed by atoms with Gasteiger partial charge in [0.25, 0.3) is 5.91 Å². The van der Waals surface area contributed by atoms with Crippen LogP contribution in [0.4, 0.5) is 0 Å². The molecule has 0 aliphatic heterocycles. The fourth-order valence-electron chi connectivity index (χ4n) is 1.89. The highest BCUT2D eigenvalue weighted by molar-refractivity contribution is 5.92. The number of carbonyl (C=O) groups excluding carboxylic acids is 1. The lowest BCUT2D eigenvalue weighted by Crippen LogP contribution is -2.25. The zero-order valence-corrected chi connectivity index (χ0v) is 12.1. The molecule has 1 heterocycles. The molecule has 0 fully saturated rings. The Morgan fingerprint density at radius 3 is 2.71 bits per heavy atom. The first-order valence-electron chi connectivity index (χ1n) is 6.93. The van der Waals surface area contributed by atoms with Gasteiger partial charge in [0.2, 0.25) is 0 Å². The minimum atomic E-state index is -0.167. The second-order valence-electron chi connectivity index (χ2n) is 4.60. The number of methoxy groups -OCH3 is 1. The highest BCUT2D eigenvalue weighted by Crippen LogP contribution is 2.14. The van der Waals surface area contributed by atoms with Crippen molar-refractivity contribution in [3.8, 4) is 11.4 Å². The molecular formula is C15H20N4O2. The van der Waals surface area contributed by atoms with Crippen LogP contribution in [0.2, 0.25) is 0 Å². The molecule has 0 radical (unpaired) electrons. The summed E-state index contributed by atoms with van der Waals surface area (Å²) >= 11 is 0. The Hall–Kier alpha value is -2.34. The summed E-state index contributed by atoms with van der Waals surface area (Å²) in [6, 6.07) is 9.17. The zero-order valence-electron chi connectivity index (χ0n) is 12.1. The number of ether oxygens (including phenoxy) is 1. The van der Waals surface area contributed by atoms with Gasteiger partial charge in [0, 0.05) is 12.7 Å². The Morgan fingerprint density at radius 2 is 2.05 bits per heavy atom. The van der Waals surface area contributed by atoms with Gasteiger partial charge in [-0.3, -0.25) is 4.79 Å². The lowest BCUT2D eigenvalue weighted by Gasteiger charge is -2.04. The van der Waals surface area contributed by atoms with Crippen LogP contribution in [0, 0.1) is 0 Å². The zero-order chi connectivity index (χ0) is 15.1. The number of nitrogens with two attached hydrogens (primary N) is 1. The maximum Gasteiger partial charge on any atom is 0.271 e. The van der Waals surface area contributed by atoms with Crippen molar-refractivity contribution < 1.29 is 9.53 Å². The van der Waals surface area contributed by atoms with Crippen LogP contribution in [0.5, 0.6) is 5.75 Å². The van der Waals surface area contributed by atoms with E-state index in [-0.39, 0.29) is 5.91 Å². The van der Waals surface area contributed by atoms with Gasteiger partial charge < -0.3 is 15.8 Å². The summed E-state index contributed by atoms with van der Waals surface area (Å²) in [5, 5.41) is 7.10. The average molecular weight is 288 g/mol. The van der Waals surface area contributed by atoms with Crippen LogP contribution in [-0.2, 0) is 0 Å². The minimum Gasteiger partial charge on any atom is -0.497 e. The molecule has 1 amide bonds. The number of rotatable bonds is 7. The molecule has 3 N–H and O–H groups in total. The van der Waals surface area contributed by atoms with Crippen molar-refractivity contribution in [2.45, 2.75) is 12.8 Å². The van der Waals surface area contributed by atoms with E-state index < -0.39 is 0 Å². The molecule has 6 nitrogen and oxygen atoms in total. The summed E-state index contributed by atoms with van der Waals surface area (Å²) in [6.07, 6.45) is 3.54. The Morgan fingerprint density at radius 1 is 1.29 bits per heavy atom. The first kappa shape index (κ1) is 15.1. The fraction of sp³-hybridized carbons (Fsp3) is 0.333. The molecule has 2 rings (SSSR count). The van der Waals surface area contributed by atoms with Crippen molar-refractivity contribution in [3.63, 3.8) is 0 Å². The summed E-state index contributed by atoms with van der Waals surface area (Å²) < 4.78 is 6.77. The maximum atomic E-state index is 11.9. The van der Waals surface area contributed by atoms with Crippen LogP contribution in [0.25, 0.3) is 5.69 Å². The summed E-state index contributed by atoms with van der Waals surface area (Å²) in [6.45, 7) is 1.26. The van der Waals surface area contributed by atoms with Crippen molar-refractivity contribution in [1.29, 1.82) is 0 Å². The normalized spacial score (nSPS) is 10.4. The van der Waals surface area contributed by atoms with Crippen molar-refractivity contribution in [3.05, 3.63) is 42.2 Å². The van der Waals surface area contributed by atoms with E-state index in [9.17, 15) is 4.79 Å². The molecule has 0 unspecified atom stereocenters. The monoisotopic (exact) mass is 288 g/mol. The van der Waals surface area contributed by atoms with Gasteiger partial charge in [-0.15, -0.1) is 0 Å². The SMILES string of the molecule is COc1ccc(-n2ccc(C(=O)NCCCCN)n2)cc1. The van der Waals surface area contributed by atoms with Gasteiger partial charge >= 0.3 is 0 Å². The molecule has 1 aromatic carbocycles. The highest BCUT2D eigenvalue weighted by Gasteiger charge is 2.09. The van der Waals surface area contributed by atoms with E-state index in [1.54, 1.807) is 24.1 Å². The molecule has 0 bridgehead atoms. The number of benzene rings is 1. The third-order valence-corrected chi connectivity index (χ3v) is 3.08. The predicted molar refractivity (Wildman–Crippen MR) is 80.7 cm³/mol. The predicted octanol–water partition coefficient (Wildman–Crippen LogP) is 1.35. The van der Waals surface area contributed by atoms with E-state index in [0.717, 1.165) is 24.3 Å². The van der Waals surface area contributed by atoms with Crippen LogP contribution < -0.4 is 15.8 Å². The summed E-state index contributed by atoms with van der Waals surface area (Å²) in [5.41, 5.74) is 6.68. The van der Waals surface area contributed by atoms with Crippen LogP contribution in [0.1, 0.15) is 23.3 Å². The molecule has 0 aliphatic rings. The van der Waals surface area contributed by atoms with Crippen LogP contribution >= 0.6 is 0 Å². The fourth-order valence-corrected chi connectivity index (χ4v) is 1.89. The Kier molecular flexibility index (Phi) is 5.34. The van der Waals surface area contributed by atoms with Gasteiger partial charge in [-0.25, -0.2) is 4.68 Å². The van der Waals surface area contributed by atoms with E-state index >= 15 is 0 Å². The first-order chi connectivity index (χ1) is 10.2. The number of amides is 1. The first-order valence-corrected chi connectivity index (χ1v) is 6.93. The van der Waals surface area contributed by atoms with Gasteiger partial charge in [-0.05, 0) is 49.7 Å². The maximum absolute atomic E-state index is 11.9. The number of unbranched alkanes of at least 4 members (excludes halogenated alkanes) is 1. The third kappa shape index (κ3) is 4.06. The molecule has 0 saturated heterocycles. The van der Waals surface area contributed by atoms with Gasteiger partial charge in [0.15, 0.2) is 5.69 Å². The molecule has 0 atom stereocenters. The number of carbonyl (C=O) groups is 1. The van der Waals surface area contributed by atoms with E-state index in [4.69, 9.17) is 10.5 Å². The molecule has 6 heteroatoms. The van der Waals surface area contributed by atoms with Crippen LogP contribution in [-0.4, -0.2) is 35.9 Å². The van der Waals surface area contributed by atoms with Crippen LogP contribution in [0.15, 0.2) is 36.5 Å². The lowest BCUT2D eigenvalue weighted by atomic mass is 10.3. The highest BCUT2D eigenvalue weighted by atomic mass is 16.5. The molecule has 0 spiro atoms. The summed E-state index contributed by atoms with van der Waals surface area (Å²) in [5.74, 6) is 0.614. The average Bonchev–Trinajstić information content (AvgIpc) is 3.01. The third-order valence-electron chi connectivity index (χ3n) is 3.08. The molecule has 0 saturated carbocycles. The Labute approximate surface area is 123 Å². The number of nitrogens with zero attached hydrogens (tertiary/aromatic N) is 2. The summed E-state index contributed by atoms with van der Waals surface area (Å²) in [7, 11) is 1.62. The smallest absolute Gasteiger partial charge is 0.271 e. The molecule has 0 aliphatic carbocycles. The molecule has 1 aromatic heterocycles. The van der Waals surface area contributed by atoms with E-state index in [1.807, 2.05) is 24.3 Å². The van der Waals surface area contributed by atoms with Crippen LogP contribution in [0.3, 0.4) is 0 Å². The van der Waals surface area contributed by atoms with Crippen molar-refractivity contribution in [1.82, 2.24) is 15.1 Å². The molecule has 2 aromatic rings. The van der Waals surface area contributed by atoms with Gasteiger partial charge in [0.05, 0.1) is 12.8 Å². The number of aromatic nitrogens is 2. The lowest BCUT2D eigenvalue weighted by molar-refractivity contribution is 0.0947. The van der Waals surface area contributed by atoms with Gasteiger partial charge in [-0.1, -0.05) is 0 Å². The Bertz CT molecular complexity index is 578. The quantitative estimate of drug-likeness (QED) is 0.753. The van der Waals surface area contributed by atoms with E-state index in [0.29, 0.717) is 18.8 Å². The van der Waals surface area contributed by atoms with E-state index in [1.165, 1.54) is 0 Å². The second kappa shape index (κ2) is 7.44. The topological polar surface area (TPSA) is 82.2 Å². The standard InChI is InChI=1S/C15H20N4O2/c1-21-13-6-4-12(5-7-13)19-11-8-14(18-19)15(20)17-10-3-2-9-16/h4-8,11H,2-3,9-10,16H2,1H3,(H,17,20). The van der Waals surface area contributed by atoms with Gasteiger partial charge in [-0.2, -0.15) is 5.10 Å². The van der Waals surface area contributed by atoms with Crippen molar-refractivity contribution in [2.24, 2.45) is 5.73 Å².